The summed E-state index contributed by atoms with van der Waals surface area (Å²) in [6, 6.07) is 0. The van der Waals surface area contributed by atoms with E-state index < -0.39 is 11.4 Å². The smallest absolute Gasteiger partial charge is 0.196 e. The zero-order valence-electron chi connectivity index (χ0n) is 16.9. The summed E-state index contributed by atoms with van der Waals surface area (Å²) >= 11 is 1.86. The normalized spacial score (nSPS) is 48.0. The summed E-state index contributed by atoms with van der Waals surface area (Å²) < 4.78 is 18.0. The van der Waals surface area contributed by atoms with Crippen molar-refractivity contribution in [1.29, 1.82) is 0 Å². The molecule has 0 amide bonds. The van der Waals surface area contributed by atoms with Crippen molar-refractivity contribution in [3.8, 4) is 0 Å². The molecule has 7 atom stereocenters. The topological polar surface area (TPSA) is 69.2 Å². The summed E-state index contributed by atoms with van der Waals surface area (Å²) in [6.45, 7) is 5.51. The molecule has 2 bridgehead atoms. The van der Waals surface area contributed by atoms with E-state index >= 15 is 0 Å². The van der Waals surface area contributed by atoms with Gasteiger partial charge in [0.05, 0.1) is 6.10 Å². The first-order chi connectivity index (χ1) is 13.0. The number of hydrogen-bond donors (Lipinski definition) is 2. The highest BCUT2D eigenvalue weighted by Gasteiger charge is 2.83. The van der Waals surface area contributed by atoms with Crippen LogP contribution in [0.5, 0.6) is 0 Å². The highest BCUT2D eigenvalue weighted by molar-refractivity contribution is 7.99. The Balaban J connectivity index is 1.55. The molecule has 2 unspecified atom stereocenters. The van der Waals surface area contributed by atoms with Gasteiger partial charge < -0.3 is 19.3 Å². The maximum Gasteiger partial charge on any atom is 0.196 e. The van der Waals surface area contributed by atoms with Crippen LogP contribution in [0.2, 0.25) is 0 Å². The second-order valence-electron chi connectivity index (χ2n) is 8.83. The minimum absolute atomic E-state index is 0.0692. The van der Waals surface area contributed by atoms with Crippen molar-refractivity contribution in [3.63, 3.8) is 0 Å². The molecular weight excluding hydrogens is 366 g/mol. The number of rotatable bonds is 9. The number of hydroxylamine groups is 1. The number of hydrogen-bond acceptors (Lipinski definition) is 7. The van der Waals surface area contributed by atoms with Crippen molar-refractivity contribution in [2.75, 3.05) is 26.2 Å². The highest BCUT2D eigenvalue weighted by Crippen LogP contribution is 2.75. The van der Waals surface area contributed by atoms with Gasteiger partial charge >= 0.3 is 0 Å². The Bertz CT molecular complexity index is 519. The Morgan fingerprint density at radius 2 is 2.15 bits per heavy atom. The molecule has 4 aliphatic rings. The zero-order valence-corrected chi connectivity index (χ0v) is 17.7. The van der Waals surface area contributed by atoms with Gasteiger partial charge in [-0.1, -0.05) is 13.8 Å². The summed E-state index contributed by atoms with van der Waals surface area (Å²) in [5.41, 5.74) is 2.57. The maximum atomic E-state index is 11.6. The lowest BCUT2D eigenvalue weighted by atomic mass is 9.56. The van der Waals surface area contributed by atoms with Crippen molar-refractivity contribution < 1.29 is 24.2 Å². The fraction of sp³-hybridized carbons (Fsp3) is 1.00. The van der Waals surface area contributed by atoms with Crippen LogP contribution in [0.15, 0.2) is 0 Å². The molecule has 2 saturated heterocycles. The van der Waals surface area contributed by atoms with E-state index in [0.29, 0.717) is 11.8 Å². The van der Waals surface area contributed by atoms with Gasteiger partial charge in [-0.15, -0.1) is 11.8 Å². The molecule has 2 heterocycles. The molecule has 2 aliphatic carbocycles. The van der Waals surface area contributed by atoms with Gasteiger partial charge in [-0.3, -0.25) is 4.84 Å². The summed E-state index contributed by atoms with van der Waals surface area (Å²) in [7, 11) is 1.62. The molecule has 1 spiro atoms. The van der Waals surface area contributed by atoms with Crippen LogP contribution in [0.1, 0.15) is 58.8 Å². The molecule has 0 aromatic rings. The third kappa shape index (κ3) is 3.00. The lowest BCUT2D eigenvalue weighted by molar-refractivity contribution is -0.269. The van der Waals surface area contributed by atoms with E-state index in [9.17, 15) is 5.11 Å². The number of thioether (sulfide) groups is 1. The van der Waals surface area contributed by atoms with Crippen LogP contribution < -0.4 is 5.48 Å². The fourth-order valence-corrected chi connectivity index (χ4v) is 7.56. The summed E-state index contributed by atoms with van der Waals surface area (Å²) in [5, 5.41) is 11.6. The molecule has 0 radical (unpaired) electrons. The van der Waals surface area contributed by atoms with E-state index in [2.05, 4.69) is 19.3 Å². The Kier molecular flexibility index (Phi) is 5.85. The molecule has 0 aromatic heterocycles. The number of nitrogens with one attached hydrogen (secondary N) is 1. The maximum absolute atomic E-state index is 11.6. The minimum atomic E-state index is -1.11. The second-order valence-corrected chi connectivity index (χ2v) is 10.3. The monoisotopic (exact) mass is 401 g/mol. The molecule has 4 fully saturated rings. The fourth-order valence-electron chi connectivity index (χ4n) is 6.67. The average molecular weight is 402 g/mol. The molecule has 0 aromatic carbocycles. The Labute approximate surface area is 167 Å². The van der Waals surface area contributed by atoms with Gasteiger partial charge in [-0.2, -0.15) is 5.48 Å². The van der Waals surface area contributed by atoms with Crippen LogP contribution in [-0.2, 0) is 19.0 Å². The van der Waals surface area contributed by atoms with Crippen molar-refractivity contribution in [2.45, 2.75) is 81.7 Å². The summed E-state index contributed by atoms with van der Waals surface area (Å²) in [4.78, 5) is 5.23. The van der Waals surface area contributed by atoms with Crippen LogP contribution in [0.25, 0.3) is 0 Å². The molecule has 2 aliphatic heterocycles. The minimum Gasteiger partial charge on any atom is -0.363 e. The predicted octanol–water partition coefficient (Wildman–Crippen LogP) is 3.04. The van der Waals surface area contributed by atoms with Gasteiger partial charge in [-0.05, 0) is 56.1 Å². The first-order valence-electron chi connectivity index (χ1n) is 10.5. The third-order valence-electron chi connectivity index (χ3n) is 7.42. The third-order valence-corrected chi connectivity index (χ3v) is 8.45. The van der Waals surface area contributed by atoms with E-state index in [0.717, 1.165) is 50.8 Å². The summed E-state index contributed by atoms with van der Waals surface area (Å²) in [6.07, 6.45) is 6.94. The van der Waals surface area contributed by atoms with Crippen molar-refractivity contribution in [2.24, 2.45) is 17.3 Å². The van der Waals surface area contributed by atoms with Crippen molar-refractivity contribution in [3.05, 3.63) is 0 Å². The van der Waals surface area contributed by atoms with E-state index in [1.165, 1.54) is 6.42 Å². The van der Waals surface area contributed by atoms with Gasteiger partial charge in [0.25, 0.3) is 0 Å². The molecule has 6 nitrogen and oxygen atoms in total. The molecule has 2 N–H and O–H groups in total. The quantitative estimate of drug-likeness (QED) is 0.350. The van der Waals surface area contributed by atoms with Crippen LogP contribution in [0, 0.1) is 17.3 Å². The average Bonchev–Trinajstić information content (AvgIpc) is 3.18. The Morgan fingerprint density at radius 3 is 2.89 bits per heavy atom. The first-order valence-corrected chi connectivity index (χ1v) is 11.6. The van der Waals surface area contributed by atoms with Crippen LogP contribution in [0.4, 0.5) is 0 Å². The molecule has 4 rings (SSSR count). The highest BCUT2D eigenvalue weighted by atomic mass is 32.2. The summed E-state index contributed by atoms with van der Waals surface area (Å²) in [5.74, 6) is 1.07. The zero-order chi connectivity index (χ0) is 19.1. The SMILES string of the molecule is CCSC1CC[C@]2(O1)C1(O)C[C@@H]3C[C@@H](C)C[C@H](O1)[C@@]32CCCNOCOC. The molecule has 27 heavy (non-hydrogen) atoms. The van der Waals surface area contributed by atoms with Gasteiger partial charge in [0.2, 0.25) is 0 Å². The van der Waals surface area contributed by atoms with Gasteiger partial charge in [0.1, 0.15) is 11.0 Å². The standard InChI is InChI=1S/C20H35NO5S/c1-4-27-17-6-8-19(26-17)18(7-5-9-21-24-13-23-3)15-10-14(2)11-16(18)25-20(19,22)12-15/h14-17,21-22H,4-13H2,1-3H3/t14-,15+,16+,17?,18-,19-,20?/m1/s1. The number of methoxy groups -OCH3 is 1. The second kappa shape index (κ2) is 7.74. The first kappa shape index (κ1) is 20.4. The van der Waals surface area contributed by atoms with Crippen LogP contribution >= 0.6 is 11.8 Å². The van der Waals surface area contributed by atoms with E-state index in [-0.39, 0.29) is 23.7 Å². The van der Waals surface area contributed by atoms with Crippen LogP contribution in [0.3, 0.4) is 0 Å². The number of aliphatic hydroxyl groups is 1. The lowest BCUT2D eigenvalue weighted by Gasteiger charge is -2.50. The molecule has 2 saturated carbocycles. The van der Waals surface area contributed by atoms with E-state index in [4.69, 9.17) is 19.0 Å². The molecule has 7 heteroatoms. The Hall–Kier alpha value is 0.110. The van der Waals surface area contributed by atoms with Crippen molar-refractivity contribution in [1.82, 2.24) is 5.48 Å². The molecule has 156 valence electrons. The van der Waals surface area contributed by atoms with E-state index in [1.807, 2.05) is 11.8 Å². The van der Waals surface area contributed by atoms with Gasteiger partial charge in [-0.25, -0.2) is 0 Å². The predicted molar refractivity (Wildman–Crippen MR) is 104 cm³/mol. The Morgan fingerprint density at radius 1 is 1.30 bits per heavy atom. The van der Waals surface area contributed by atoms with Gasteiger partial charge in [0, 0.05) is 25.5 Å². The van der Waals surface area contributed by atoms with Crippen molar-refractivity contribution >= 4 is 11.8 Å². The van der Waals surface area contributed by atoms with Gasteiger partial charge in [0.15, 0.2) is 12.6 Å². The largest absolute Gasteiger partial charge is 0.363 e. The lowest BCUT2D eigenvalue weighted by Crippen LogP contribution is -2.56. The number of ether oxygens (including phenoxy) is 3. The van der Waals surface area contributed by atoms with Crippen LogP contribution in [-0.4, -0.2) is 54.2 Å². The van der Waals surface area contributed by atoms with E-state index in [1.54, 1.807) is 7.11 Å². The molecular formula is C20H35NO5S.